The number of carbonyl (C=O) groups excluding carboxylic acids is 1. The summed E-state index contributed by atoms with van der Waals surface area (Å²) in [6, 6.07) is -0.257. The van der Waals surface area contributed by atoms with Gasteiger partial charge in [0, 0.05) is 13.2 Å². The Kier molecular flexibility index (Phi) is 7.27. The Morgan fingerprint density at radius 1 is 1.38 bits per heavy atom. The Morgan fingerprint density at radius 3 is 2.44 bits per heavy atom. The van der Waals surface area contributed by atoms with Gasteiger partial charge in [-0.1, -0.05) is 0 Å². The van der Waals surface area contributed by atoms with E-state index < -0.39 is 15.8 Å². The van der Waals surface area contributed by atoms with E-state index in [0.29, 0.717) is 6.61 Å². The molecule has 0 saturated heterocycles. The number of nitrogens with one attached hydrogen (secondary N) is 1. The molecule has 0 aliphatic heterocycles. The summed E-state index contributed by atoms with van der Waals surface area (Å²) in [5.74, 6) is -0.757. The van der Waals surface area contributed by atoms with E-state index in [-0.39, 0.29) is 24.0 Å². The van der Waals surface area contributed by atoms with E-state index in [4.69, 9.17) is 4.74 Å². The molecule has 0 radical (unpaired) electrons. The first-order valence-corrected chi connectivity index (χ1v) is 6.70. The molecule has 7 heteroatoms. The second kappa shape index (κ2) is 7.59. The molecule has 0 aliphatic carbocycles. The smallest absolute Gasteiger partial charge is 0.306 e. The molecule has 1 unspecified atom stereocenters. The molecule has 0 bridgehead atoms. The summed E-state index contributed by atoms with van der Waals surface area (Å²) in [5.41, 5.74) is 0. The van der Waals surface area contributed by atoms with E-state index in [1.165, 1.54) is 14.2 Å². The number of likely N-dealkylation sites (N-methyl/N-ethyl adjacent to an activating group) is 1. The lowest BCUT2D eigenvalue weighted by Crippen LogP contribution is -2.37. The lowest BCUT2D eigenvalue weighted by Gasteiger charge is -2.14. The first kappa shape index (κ1) is 15.3. The minimum Gasteiger partial charge on any atom is -0.469 e. The van der Waals surface area contributed by atoms with E-state index in [2.05, 4.69) is 10.1 Å². The van der Waals surface area contributed by atoms with E-state index in [1.807, 2.05) is 0 Å². The molecular weight excluding hydrogens is 234 g/mol. The Hall–Kier alpha value is -0.660. The SMILES string of the molecule is CNC(COC)CS(=O)(=O)CCC(=O)OC. The highest BCUT2D eigenvalue weighted by molar-refractivity contribution is 7.91. The highest BCUT2D eigenvalue weighted by Crippen LogP contribution is 1.99. The number of methoxy groups -OCH3 is 2. The van der Waals surface area contributed by atoms with Crippen LogP contribution in [0, 0.1) is 0 Å². The maximum Gasteiger partial charge on any atom is 0.306 e. The Labute approximate surface area is 96.2 Å². The number of hydrogen-bond acceptors (Lipinski definition) is 6. The van der Waals surface area contributed by atoms with Crippen LogP contribution in [-0.4, -0.2) is 59.8 Å². The van der Waals surface area contributed by atoms with Crippen LogP contribution in [0.3, 0.4) is 0 Å². The van der Waals surface area contributed by atoms with Crippen LogP contribution in [0.2, 0.25) is 0 Å². The Morgan fingerprint density at radius 2 is 2.00 bits per heavy atom. The standard InChI is InChI=1S/C9H19NO5S/c1-10-8(6-14-2)7-16(12,13)5-4-9(11)15-3/h8,10H,4-7H2,1-3H3. The van der Waals surface area contributed by atoms with Gasteiger partial charge in [0.1, 0.15) is 0 Å². The average molecular weight is 253 g/mol. The number of hydrogen-bond donors (Lipinski definition) is 1. The van der Waals surface area contributed by atoms with Gasteiger partial charge in [-0.15, -0.1) is 0 Å². The minimum atomic E-state index is -3.26. The number of rotatable bonds is 8. The third-order valence-electron chi connectivity index (χ3n) is 2.08. The van der Waals surface area contributed by atoms with Gasteiger partial charge in [0.2, 0.25) is 0 Å². The van der Waals surface area contributed by atoms with Crippen LogP contribution >= 0.6 is 0 Å². The summed E-state index contributed by atoms with van der Waals surface area (Å²) in [6.45, 7) is 0.313. The van der Waals surface area contributed by atoms with Gasteiger partial charge >= 0.3 is 5.97 Å². The summed E-state index contributed by atoms with van der Waals surface area (Å²) in [4.78, 5) is 10.8. The van der Waals surface area contributed by atoms with Crippen LogP contribution in [0.5, 0.6) is 0 Å². The summed E-state index contributed by atoms with van der Waals surface area (Å²) in [6.07, 6.45) is -0.109. The molecule has 1 N–H and O–H groups in total. The molecule has 0 amide bonds. The third-order valence-corrected chi connectivity index (χ3v) is 3.81. The number of carbonyl (C=O) groups is 1. The molecule has 0 saturated carbocycles. The van der Waals surface area contributed by atoms with Crippen LogP contribution in [-0.2, 0) is 24.1 Å². The average Bonchev–Trinajstić information content (AvgIpc) is 2.25. The summed E-state index contributed by atoms with van der Waals surface area (Å²) in [5, 5.41) is 2.84. The highest BCUT2D eigenvalue weighted by atomic mass is 32.2. The molecule has 1 atom stereocenters. The Balaban J connectivity index is 4.17. The third kappa shape index (κ3) is 6.76. The van der Waals surface area contributed by atoms with Crippen LogP contribution in [0.1, 0.15) is 6.42 Å². The lowest BCUT2D eigenvalue weighted by molar-refractivity contribution is -0.140. The fourth-order valence-electron chi connectivity index (χ4n) is 1.15. The maximum atomic E-state index is 11.6. The van der Waals surface area contributed by atoms with Gasteiger partial charge in [-0.2, -0.15) is 0 Å². The van der Waals surface area contributed by atoms with Gasteiger partial charge in [0.05, 0.1) is 31.6 Å². The number of sulfone groups is 1. The lowest BCUT2D eigenvalue weighted by atomic mass is 10.4. The van der Waals surface area contributed by atoms with Crippen molar-refractivity contribution in [2.45, 2.75) is 12.5 Å². The predicted molar refractivity (Wildman–Crippen MR) is 60.0 cm³/mol. The monoisotopic (exact) mass is 253 g/mol. The summed E-state index contributed by atoms with van der Waals surface area (Å²) >= 11 is 0. The molecule has 0 fully saturated rings. The molecule has 0 aromatic carbocycles. The highest BCUT2D eigenvalue weighted by Gasteiger charge is 2.19. The maximum absolute atomic E-state index is 11.6. The molecule has 0 spiro atoms. The zero-order valence-electron chi connectivity index (χ0n) is 9.86. The van der Waals surface area contributed by atoms with Gasteiger partial charge in [-0.3, -0.25) is 4.79 Å². The number of esters is 1. The fraction of sp³-hybridized carbons (Fsp3) is 0.889. The van der Waals surface area contributed by atoms with Gasteiger partial charge in [-0.25, -0.2) is 8.42 Å². The zero-order valence-corrected chi connectivity index (χ0v) is 10.7. The molecule has 0 aromatic heterocycles. The Bertz CT molecular complexity index is 301. The van der Waals surface area contributed by atoms with Crippen molar-refractivity contribution < 1.29 is 22.7 Å². The first-order chi connectivity index (χ1) is 7.45. The van der Waals surface area contributed by atoms with E-state index in [1.54, 1.807) is 7.05 Å². The van der Waals surface area contributed by atoms with E-state index in [0.717, 1.165) is 0 Å². The van der Waals surface area contributed by atoms with Crippen molar-refractivity contribution in [2.75, 3.05) is 39.4 Å². The van der Waals surface area contributed by atoms with Crippen molar-refractivity contribution in [2.24, 2.45) is 0 Å². The van der Waals surface area contributed by atoms with Crippen LogP contribution in [0.15, 0.2) is 0 Å². The fourth-order valence-corrected chi connectivity index (χ4v) is 2.67. The quantitative estimate of drug-likeness (QED) is 0.570. The van der Waals surface area contributed by atoms with Crippen LogP contribution < -0.4 is 5.32 Å². The molecular formula is C9H19NO5S. The molecule has 0 heterocycles. The van der Waals surface area contributed by atoms with Gasteiger partial charge in [0.15, 0.2) is 9.84 Å². The van der Waals surface area contributed by atoms with Gasteiger partial charge in [-0.05, 0) is 7.05 Å². The number of ether oxygens (including phenoxy) is 2. The molecule has 16 heavy (non-hydrogen) atoms. The minimum absolute atomic E-state index is 0.0473. The zero-order chi connectivity index (χ0) is 12.6. The van der Waals surface area contributed by atoms with Crippen molar-refractivity contribution in [3.05, 3.63) is 0 Å². The molecule has 0 rings (SSSR count). The topological polar surface area (TPSA) is 81.7 Å². The van der Waals surface area contributed by atoms with Crippen molar-refractivity contribution in [1.29, 1.82) is 0 Å². The molecule has 96 valence electrons. The van der Waals surface area contributed by atoms with Gasteiger partial charge < -0.3 is 14.8 Å². The first-order valence-electron chi connectivity index (χ1n) is 4.88. The summed E-state index contributed by atoms with van der Waals surface area (Å²) in [7, 11) is 1.14. The van der Waals surface area contributed by atoms with Gasteiger partial charge in [0.25, 0.3) is 0 Å². The van der Waals surface area contributed by atoms with E-state index >= 15 is 0 Å². The predicted octanol–water partition coefficient (Wildman–Crippen LogP) is -0.801. The van der Waals surface area contributed by atoms with Crippen molar-refractivity contribution in [3.63, 3.8) is 0 Å². The summed E-state index contributed by atoms with van der Waals surface area (Å²) < 4.78 is 32.4. The normalized spacial score (nSPS) is 13.4. The molecule has 6 nitrogen and oxygen atoms in total. The van der Waals surface area contributed by atoms with Crippen LogP contribution in [0.25, 0.3) is 0 Å². The largest absolute Gasteiger partial charge is 0.469 e. The molecule has 0 aliphatic rings. The van der Waals surface area contributed by atoms with E-state index in [9.17, 15) is 13.2 Å². The molecule has 0 aromatic rings. The van der Waals surface area contributed by atoms with Crippen LogP contribution in [0.4, 0.5) is 0 Å². The van der Waals surface area contributed by atoms with Crippen molar-refractivity contribution in [3.8, 4) is 0 Å². The van der Waals surface area contributed by atoms with Crippen molar-refractivity contribution in [1.82, 2.24) is 5.32 Å². The van der Waals surface area contributed by atoms with Crippen molar-refractivity contribution >= 4 is 15.8 Å². The second-order valence-corrected chi connectivity index (χ2v) is 5.61. The second-order valence-electron chi connectivity index (χ2n) is 3.38.